The average Bonchev–Trinajstić information content (AvgIpc) is 2.85. The molecular formula is C30H39ClN2O4. The van der Waals surface area contributed by atoms with Gasteiger partial charge in [-0.1, -0.05) is 71.3 Å². The number of piperidine rings is 1. The van der Waals surface area contributed by atoms with E-state index in [-0.39, 0.29) is 29.1 Å². The molecule has 2 aromatic rings. The van der Waals surface area contributed by atoms with E-state index in [0.29, 0.717) is 35.2 Å². The highest BCUT2D eigenvalue weighted by molar-refractivity contribution is 6.30. The van der Waals surface area contributed by atoms with Gasteiger partial charge < -0.3 is 15.0 Å². The SMILES string of the molecule is COC(=O)c1cc(C(=O)N[C@@H](C(=O)N2CCC(c3ccc(Cl)cc3)C(C)(C)C2)C(C)C)ccc1C(C)C. The van der Waals surface area contributed by atoms with Crippen molar-refractivity contribution in [3.8, 4) is 0 Å². The summed E-state index contributed by atoms with van der Waals surface area (Å²) < 4.78 is 4.93. The first kappa shape index (κ1) is 28.7. The molecule has 2 aromatic carbocycles. The Kier molecular flexibility index (Phi) is 9.06. The van der Waals surface area contributed by atoms with Crippen LogP contribution in [-0.2, 0) is 9.53 Å². The number of methoxy groups -OCH3 is 1. The molecule has 37 heavy (non-hydrogen) atoms. The van der Waals surface area contributed by atoms with Crippen molar-refractivity contribution in [1.82, 2.24) is 10.2 Å². The molecular weight excluding hydrogens is 488 g/mol. The Morgan fingerprint density at radius 1 is 1.05 bits per heavy atom. The number of amides is 2. The molecule has 1 heterocycles. The van der Waals surface area contributed by atoms with Gasteiger partial charge in [0.2, 0.25) is 5.91 Å². The van der Waals surface area contributed by atoms with Gasteiger partial charge in [-0.05, 0) is 65.0 Å². The van der Waals surface area contributed by atoms with Crippen LogP contribution in [0.3, 0.4) is 0 Å². The van der Waals surface area contributed by atoms with Crippen molar-refractivity contribution in [2.24, 2.45) is 11.3 Å². The molecule has 1 saturated heterocycles. The van der Waals surface area contributed by atoms with E-state index < -0.39 is 12.0 Å². The second-order valence-electron chi connectivity index (χ2n) is 11.3. The topological polar surface area (TPSA) is 75.7 Å². The van der Waals surface area contributed by atoms with Crippen LogP contribution in [0.4, 0.5) is 0 Å². The summed E-state index contributed by atoms with van der Waals surface area (Å²) >= 11 is 6.08. The number of likely N-dealkylation sites (tertiary alicyclic amines) is 1. The lowest BCUT2D eigenvalue weighted by Crippen LogP contribution is -2.55. The van der Waals surface area contributed by atoms with Crippen molar-refractivity contribution < 1.29 is 19.1 Å². The number of ether oxygens (including phenoxy) is 1. The number of carbonyl (C=O) groups is 3. The van der Waals surface area contributed by atoms with Crippen LogP contribution in [0.25, 0.3) is 0 Å². The van der Waals surface area contributed by atoms with Crippen molar-refractivity contribution in [2.45, 2.75) is 65.8 Å². The summed E-state index contributed by atoms with van der Waals surface area (Å²) in [5.41, 5.74) is 2.58. The zero-order valence-corrected chi connectivity index (χ0v) is 23.7. The highest BCUT2D eigenvalue weighted by atomic mass is 35.5. The fraction of sp³-hybridized carbons (Fsp3) is 0.500. The Bertz CT molecular complexity index is 1140. The third-order valence-corrected chi connectivity index (χ3v) is 7.63. The zero-order chi connectivity index (χ0) is 27.5. The Morgan fingerprint density at radius 2 is 1.70 bits per heavy atom. The van der Waals surface area contributed by atoms with Gasteiger partial charge in [0.15, 0.2) is 0 Å². The van der Waals surface area contributed by atoms with Crippen LogP contribution < -0.4 is 5.32 Å². The Hall–Kier alpha value is -2.86. The van der Waals surface area contributed by atoms with Gasteiger partial charge in [0.05, 0.1) is 12.7 Å². The smallest absolute Gasteiger partial charge is 0.338 e. The van der Waals surface area contributed by atoms with E-state index in [0.717, 1.165) is 12.0 Å². The normalized spacial score (nSPS) is 18.0. The highest BCUT2D eigenvalue weighted by Crippen LogP contribution is 2.42. The highest BCUT2D eigenvalue weighted by Gasteiger charge is 2.40. The minimum Gasteiger partial charge on any atom is -0.465 e. The number of hydrogen-bond acceptors (Lipinski definition) is 4. The first-order valence-electron chi connectivity index (χ1n) is 12.9. The molecule has 2 atom stereocenters. The molecule has 1 unspecified atom stereocenters. The van der Waals surface area contributed by atoms with Gasteiger partial charge in [-0.25, -0.2) is 4.79 Å². The number of hydrogen-bond donors (Lipinski definition) is 1. The lowest BCUT2D eigenvalue weighted by molar-refractivity contribution is -0.137. The van der Waals surface area contributed by atoms with Crippen LogP contribution in [0.1, 0.15) is 91.6 Å². The predicted molar refractivity (Wildman–Crippen MR) is 147 cm³/mol. The summed E-state index contributed by atoms with van der Waals surface area (Å²) in [6.45, 7) is 13.4. The van der Waals surface area contributed by atoms with E-state index in [2.05, 4.69) is 31.3 Å². The van der Waals surface area contributed by atoms with Crippen LogP contribution in [0, 0.1) is 11.3 Å². The van der Waals surface area contributed by atoms with Crippen LogP contribution in [0.2, 0.25) is 5.02 Å². The molecule has 0 aromatic heterocycles. The lowest BCUT2D eigenvalue weighted by Gasteiger charge is -2.45. The number of halogens is 1. The maximum absolute atomic E-state index is 13.7. The molecule has 1 fully saturated rings. The monoisotopic (exact) mass is 526 g/mol. The zero-order valence-electron chi connectivity index (χ0n) is 22.9. The molecule has 3 rings (SSSR count). The number of nitrogens with zero attached hydrogens (tertiary/aromatic N) is 1. The summed E-state index contributed by atoms with van der Waals surface area (Å²) in [5, 5.41) is 3.65. The van der Waals surface area contributed by atoms with E-state index in [1.165, 1.54) is 12.7 Å². The molecule has 0 spiro atoms. The average molecular weight is 527 g/mol. The number of esters is 1. The predicted octanol–water partition coefficient (Wildman–Crippen LogP) is 6.05. The fourth-order valence-corrected chi connectivity index (χ4v) is 5.41. The number of benzene rings is 2. The fourth-order valence-electron chi connectivity index (χ4n) is 5.28. The van der Waals surface area contributed by atoms with Crippen LogP contribution in [0.5, 0.6) is 0 Å². The van der Waals surface area contributed by atoms with Crippen molar-refractivity contribution in [2.75, 3.05) is 20.2 Å². The van der Waals surface area contributed by atoms with Crippen molar-refractivity contribution in [1.29, 1.82) is 0 Å². The van der Waals surface area contributed by atoms with Crippen molar-refractivity contribution in [3.05, 3.63) is 69.7 Å². The Labute approximate surface area is 225 Å². The summed E-state index contributed by atoms with van der Waals surface area (Å²) in [5.74, 6) is -0.669. The molecule has 1 aliphatic heterocycles. The van der Waals surface area contributed by atoms with E-state index in [1.807, 2.05) is 44.7 Å². The first-order valence-corrected chi connectivity index (χ1v) is 13.3. The molecule has 0 bridgehead atoms. The summed E-state index contributed by atoms with van der Waals surface area (Å²) in [6, 6.07) is 12.3. The maximum Gasteiger partial charge on any atom is 0.338 e. The third-order valence-electron chi connectivity index (χ3n) is 7.38. The molecule has 2 amide bonds. The van der Waals surface area contributed by atoms with E-state index in [9.17, 15) is 14.4 Å². The van der Waals surface area contributed by atoms with Crippen LogP contribution >= 0.6 is 11.6 Å². The van der Waals surface area contributed by atoms with Crippen molar-refractivity contribution >= 4 is 29.4 Å². The van der Waals surface area contributed by atoms with Crippen LogP contribution in [0.15, 0.2) is 42.5 Å². The molecule has 1 N–H and O–H groups in total. The number of nitrogens with one attached hydrogen (secondary N) is 1. The largest absolute Gasteiger partial charge is 0.465 e. The van der Waals surface area contributed by atoms with Gasteiger partial charge in [-0.15, -0.1) is 0 Å². The molecule has 200 valence electrons. The van der Waals surface area contributed by atoms with Gasteiger partial charge in [0, 0.05) is 23.7 Å². The second kappa shape index (κ2) is 11.7. The first-order chi connectivity index (χ1) is 17.4. The summed E-state index contributed by atoms with van der Waals surface area (Å²) in [6.07, 6.45) is 0.832. The Balaban J connectivity index is 1.77. The molecule has 1 aliphatic rings. The van der Waals surface area contributed by atoms with Gasteiger partial charge >= 0.3 is 5.97 Å². The quantitative estimate of drug-likeness (QED) is 0.446. The maximum atomic E-state index is 13.7. The van der Waals surface area contributed by atoms with E-state index in [4.69, 9.17) is 16.3 Å². The molecule has 7 heteroatoms. The molecule has 0 radical (unpaired) electrons. The second-order valence-corrected chi connectivity index (χ2v) is 11.7. The molecule has 0 saturated carbocycles. The minimum absolute atomic E-state index is 0.0852. The summed E-state index contributed by atoms with van der Waals surface area (Å²) in [4.78, 5) is 41.1. The number of rotatable bonds is 7. The third kappa shape index (κ3) is 6.53. The van der Waals surface area contributed by atoms with Gasteiger partial charge in [0.1, 0.15) is 6.04 Å². The van der Waals surface area contributed by atoms with Crippen molar-refractivity contribution in [3.63, 3.8) is 0 Å². The number of carbonyl (C=O) groups excluding carboxylic acids is 3. The van der Waals surface area contributed by atoms with E-state index >= 15 is 0 Å². The van der Waals surface area contributed by atoms with Gasteiger partial charge in [-0.3, -0.25) is 9.59 Å². The minimum atomic E-state index is -0.679. The Morgan fingerprint density at radius 3 is 2.24 bits per heavy atom. The van der Waals surface area contributed by atoms with Gasteiger partial charge in [0.25, 0.3) is 5.91 Å². The van der Waals surface area contributed by atoms with E-state index in [1.54, 1.807) is 18.2 Å². The molecule has 6 nitrogen and oxygen atoms in total. The molecule has 0 aliphatic carbocycles. The lowest BCUT2D eigenvalue weighted by atomic mass is 9.70. The standard InChI is InChI=1S/C30H39ClN2O4/c1-18(2)23-13-10-21(16-24(23)29(36)37-7)27(34)32-26(19(3)4)28(35)33-15-14-25(30(5,6)17-33)20-8-11-22(31)12-9-20/h8-13,16,18-19,25-26H,14-15,17H2,1-7H3,(H,32,34)/t25?,26-/m1/s1. The van der Waals surface area contributed by atoms with Gasteiger partial charge in [-0.2, -0.15) is 0 Å². The summed E-state index contributed by atoms with van der Waals surface area (Å²) in [7, 11) is 1.32. The van der Waals surface area contributed by atoms with Crippen LogP contribution in [-0.4, -0.2) is 48.9 Å².